The lowest BCUT2D eigenvalue weighted by atomic mass is 9.87. The van der Waals surface area contributed by atoms with Gasteiger partial charge in [-0.05, 0) is 35.2 Å². The standard InChI is InChI=1S/C18H19NO2/c1-19-11-10-13-6-3-4-9-16(13)17(18(19)20)14-7-5-8-15(12-14)21-2/h3-9,12,17H,10-11H2,1-2H3. The molecular formula is C18H19NO2. The smallest absolute Gasteiger partial charge is 0.234 e. The lowest BCUT2D eigenvalue weighted by molar-refractivity contribution is -0.130. The van der Waals surface area contributed by atoms with E-state index in [0.29, 0.717) is 0 Å². The van der Waals surface area contributed by atoms with Crippen LogP contribution in [0.2, 0.25) is 0 Å². The molecule has 3 rings (SSSR count). The normalized spacial score (nSPS) is 18.1. The molecular weight excluding hydrogens is 262 g/mol. The summed E-state index contributed by atoms with van der Waals surface area (Å²) in [5.74, 6) is 0.682. The Morgan fingerprint density at radius 1 is 1.14 bits per heavy atom. The van der Waals surface area contributed by atoms with Crippen LogP contribution in [0, 0.1) is 0 Å². The van der Waals surface area contributed by atoms with Gasteiger partial charge in [0.15, 0.2) is 0 Å². The van der Waals surface area contributed by atoms with Crippen LogP contribution in [-0.4, -0.2) is 31.5 Å². The van der Waals surface area contributed by atoms with Gasteiger partial charge in [-0.1, -0.05) is 36.4 Å². The number of carbonyl (C=O) groups is 1. The van der Waals surface area contributed by atoms with Crippen LogP contribution in [0.25, 0.3) is 0 Å². The van der Waals surface area contributed by atoms with Crippen LogP contribution in [0.3, 0.4) is 0 Å². The van der Waals surface area contributed by atoms with Crippen LogP contribution in [0.5, 0.6) is 5.75 Å². The van der Waals surface area contributed by atoms with Gasteiger partial charge in [0.05, 0.1) is 13.0 Å². The van der Waals surface area contributed by atoms with Crippen LogP contribution < -0.4 is 4.74 Å². The Bertz CT molecular complexity index is 666. The summed E-state index contributed by atoms with van der Waals surface area (Å²) in [5.41, 5.74) is 3.35. The highest BCUT2D eigenvalue weighted by atomic mass is 16.5. The highest BCUT2D eigenvalue weighted by Gasteiger charge is 2.30. The molecule has 1 amide bonds. The van der Waals surface area contributed by atoms with E-state index in [-0.39, 0.29) is 11.8 Å². The topological polar surface area (TPSA) is 29.5 Å². The Hall–Kier alpha value is -2.29. The average Bonchev–Trinajstić information content (AvgIpc) is 2.65. The van der Waals surface area contributed by atoms with E-state index in [1.165, 1.54) is 5.56 Å². The number of ether oxygens (including phenoxy) is 1. The number of hydrogen-bond donors (Lipinski definition) is 0. The first kappa shape index (κ1) is 13.7. The summed E-state index contributed by atoms with van der Waals surface area (Å²) in [6.07, 6.45) is 0.902. The molecule has 1 aliphatic rings. The van der Waals surface area contributed by atoms with Gasteiger partial charge in [-0.25, -0.2) is 0 Å². The summed E-state index contributed by atoms with van der Waals surface area (Å²) in [6, 6.07) is 16.0. The largest absolute Gasteiger partial charge is 0.497 e. The molecule has 2 aromatic carbocycles. The third kappa shape index (κ3) is 2.51. The lowest BCUT2D eigenvalue weighted by Crippen LogP contribution is -2.31. The van der Waals surface area contributed by atoms with E-state index in [1.54, 1.807) is 7.11 Å². The number of likely N-dealkylation sites (N-methyl/N-ethyl adjacent to an activating group) is 1. The molecule has 0 fully saturated rings. The van der Waals surface area contributed by atoms with Gasteiger partial charge in [0.1, 0.15) is 5.75 Å². The molecule has 0 N–H and O–H groups in total. The fraction of sp³-hybridized carbons (Fsp3) is 0.278. The Kier molecular flexibility index (Phi) is 3.65. The van der Waals surface area contributed by atoms with Crippen molar-refractivity contribution in [2.75, 3.05) is 20.7 Å². The van der Waals surface area contributed by atoms with Gasteiger partial charge in [0.25, 0.3) is 0 Å². The predicted octanol–water partition coefficient (Wildman–Crippen LogP) is 2.84. The number of hydrogen-bond acceptors (Lipinski definition) is 2. The van der Waals surface area contributed by atoms with E-state index >= 15 is 0 Å². The summed E-state index contributed by atoms with van der Waals surface area (Å²) in [7, 11) is 3.52. The number of amides is 1. The molecule has 0 aromatic heterocycles. The van der Waals surface area contributed by atoms with Crippen molar-refractivity contribution in [3.63, 3.8) is 0 Å². The van der Waals surface area contributed by atoms with E-state index in [9.17, 15) is 4.79 Å². The van der Waals surface area contributed by atoms with E-state index in [4.69, 9.17) is 4.74 Å². The molecule has 2 aromatic rings. The summed E-state index contributed by atoms with van der Waals surface area (Å²) in [4.78, 5) is 14.6. The molecule has 21 heavy (non-hydrogen) atoms. The van der Waals surface area contributed by atoms with Crippen molar-refractivity contribution in [2.24, 2.45) is 0 Å². The molecule has 0 bridgehead atoms. The number of carbonyl (C=O) groups excluding carboxylic acids is 1. The van der Waals surface area contributed by atoms with E-state index < -0.39 is 0 Å². The third-order valence-electron chi connectivity index (χ3n) is 4.13. The van der Waals surface area contributed by atoms with Gasteiger partial charge in [0.2, 0.25) is 5.91 Å². The van der Waals surface area contributed by atoms with E-state index in [1.807, 2.05) is 48.3 Å². The number of fused-ring (bicyclic) bond motifs is 1. The maximum Gasteiger partial charge on any atom is 0.234 e. The highest BCUT2D eigenvalue weighted by molar-refractivity contribution is 5.88. The number of rotatable bonds is 2. The maximum atomic E-state index is 12.8. The van der Waals surface area contributed by atoms with Crippen LogP contribution in [0.1, 0.15) is 22.6 Å². The van der Waals surface area contributed by atoms with Crippen molar-refractivity contribution in [3.05, 3.63) is 65.2 Å². The van der Waals surface area contributed by atoms with Gasteiger partial charge in [0, 0.05) is 13.6 Å². The Labute approximate surface area is 125 Å². The summed E-state index contributed by atoms with van der Waals surface area (Å²) < 4.78 is 5.30. The van der Waals surface area contributed by atoms with Crippen molar-refractivity contribution < 1.29 is 9.53 Å². The third-order valence-corrected chi connectivity index (χ3v) is 4.13. The molecule has 108 valence electrons. The second-order valence-electron chi connectivity index (χ2n) is 5.42. The molecule has 0 radical (unpaired) electrons. The average molecular weight is 281 g/mol. The van der Waals surface area contributed by atoms with Crippen molar-refractivity contribution in [2.45, 2.75) is 12.3 Å². The van der Waals surface area contributed by atoms with Gasteiger partial charge in [-0.15, -0.1) is 0 Å². The molecule has 0 spiro atoms. The van der Waals surface area contributed by atoms with Crippen LogP contribution in [0.15, 0.2) is 48.5 Å². The van der Waals surface area contributed by atoms with Crippen LogP contribution in [0.4, 0.5) is 0 Å². The number of benzene rings is 2. The van der Waals surface area contributed by atoms with Crippen molar-refractivity contribution >= 4 is 5.91 Å². The van der Waals surface area contributed by atoms with Crippen molar-refractivity contribution in [3.8, 4) is 5.75 Å². The van der Waals surface area contributed by atoms with E-state index in [2.05, 4.69) is 12.1 Å². The lowest BCUT2D eigenvalue weighted by Gasteiger charge is -2.21. The summed E-state index contributed by atoms with van der Waals surface area (Å²) in [6.45, 7) is 0.760. The second kappa shape index (κ2) is 5.60. The fourth-order valence-corrected chi connectivity index (χ4v) is 2.94. The zero-order valence-corrected chi connectivity index (χ0v) is 12.4. The minimum Gasteiger partial charge on any atom is -0.497 e. The Balaban J connectivity index is 2.14. The zero-order valence-electron chi connectivity index (χ0n) is 12.4. The maximum absolute atomic E-state index is 12.8. The van der Waals surface area contributed by atoms with Crippen LogP contribution >= 0.6 is 0 Å². The zero-order chi connectivity index (χ0) is 14.8. The summed E-state index contributed by atoms with van der Waals surface area (Å²) >= 11 is 0. The van der Waals surface area contributed by atoms with Crippen molar-refractivity contribution in [1.29, 1.82) is 0 Å². The predicted molar refractivity (Wildman–Crippen MR) is 82.6 cm³/mol. The number of nitrogens with zero attached hydrogens (tertiary/aromatic N) is 1. The monoisotopic (exact) mass is 281 g/mol. The minimum atomic E-state index is -0.246. The molecule has 0 saturated carbocycles. The van der Waals surface area contributed by atoms with Gasteiger partial charge in [-0.3, -0.25) is 4.79 Å². The van der Waals surface area contributed by atoms with Crippen LogP contribution in [-0.2, 0) is 11.2 Å². The molecule has 0 saturated heterocycles. The number of methoxy groups -OCH3 is 1. The Morgan fingerprint density at radius 2 is 1.95 bits per heavy atom. The first-order valence-electron chi connectivity index (χ1n) is 7.17. The fourth-order valence-electron chi connectivity index (χ4n) is 2.94. The molecule has 1 unspecified atom stereocenters. The molecule has 1 atom stereocenters. The summed E-state index contributed by atoms with van der Waals surface area (Å²) in [5, 5.41) is 0. The minimum absolute atomic E-state index is 0.146. The van der Waals surface area contributed by atoms with Gasteiger partial charge >= 0.3 is 0 Å². The van der Waals surface area contributed by atoms with Gasteiger partial charge < -0.3 is 9.64 Å². The Morgan fingerprint density at radius 3 is 2.76 bits per heavy atom. The first-order chi connectivity index (χ1) is 10.2. The van der Waals surface area contributed by atoms with E-state index in [0.717, 1.165) is 29.8 Å². The quantitative estimate of drug-likeness (QED) is 0.847. The molecule has 1 heterocycles. The molecule has 3 heteroatoms. The SMILES string of the molecule is COc1cccc(C2C(=O)N(C)CCc3ccccc32)c1. The molecule has 3 nitrogen and oxygen atoms in total. The van der Waals surface area contributed by atoms with Gasteiger partial charge in [-0.2, -0.15) is 0 Å². The highest BCUT2D eigenvalue weighted by Crippen LogP contribution is 2.33. The molecule has 1 aliphatic heterocycles. The molecule has 0 aliphatic carbocycles. The second-order valence-corrected chi connectivity index (χ2v) is 5.42. The first-order valence-corrected chi connectivity index (χ1v) is 7.17. The van der Waals surface area contributed by atoms with Crippen molar-refractivity contribution in [1.82, 2.24) is 4.90 Å².